The van der Waals surface area contributed by atoms with Crippen LogP contribution in [-0.4, -0.2) is 3.71 Å². The van der Waals surface area contributed by atoms with Crippen molar-refractivity contribution in [2.75, 3.05) is 0 Å². The molecule has 0 fully saturated rings. The van der Waals surface area contributed by atoms with Crippen molar-refractivity contribution in [1.82, 2.24) is 0 Å². The first-order chi connectivity index (χ1) is 15.0. The average Bonchev–Trinajstić information content (AvgIpc) is 3.38. The van der Waals surface area contributed by atoms with Crippen molar-refractivity contribution in [3.63, 3.8) is 0 Å². The van der Waals surface area contributed by atoms with Crippen molar-refractivity contribution < 1.29 is 47.6 Å². The second kappa shape index (κ2) is 10.8. The van der Waals surface area contributed by atoms with Gasteiger partial charge >= 0.3 is 199 Å². The van der Waals surface area contributed by atoms with Crippen molar-refractivity contribution in [1.29, 1.82) is 0 Å². The summed E-state index contributed by atoms with van der Waals surface area (Å²) in [7, 11) is 0. The molecule has 0 bridgehead atoms. The second-order valence-corrected chi connectivity index (χ2v) is 12.7. The summed E-state index contributed by atoms with van der Waals surface area (Å²) in [5, 5.41) is 0. The van der Waals surface area contributed by atoms with Crippen LogP contribution < -0.4 is 28.1 Å². The summed E-state index contributed by atoms with van der Waals surface area (Å²) in [5.74, 6) is 0.421. The van der Waals surface area contributed by atoms with Crippen molar-refractivity contribution in [3.05, 3.63) is 113 Å². The normalized spacial score (nSPS) is 16.2. The van der Waals surface area contributed by atoms with Crippen LogP contribution in [0.15, 0.2) is 96.1 Å². The molecule has 0 saturated carbocycles. The number of benzene rings is 3. The Morgan fingerprint density at radius 3 is 2.27 bits per heavy atom. The van der Waals surface area contributed by atoms with Crippen LogP contribution in [-0.2, 0) is 29.2 Å². The molecule has 0 saturated heterocycles. The first-order valence-corrected chi connectivity index (χ1v) is 13.9. The molecule has 0 heterocycles. The summed E-state index contributed by atoms with van der Waals surface area (Å²) in [5.41, 5.74) is 10.7. The van der Waals surface area contributed by atoms with E-state index < -0.39 is 22.8 Å². The third-order valence-corrected chi connectivity index (χ3v) is 9.37. The Hall–Kier alpha value is -1.53. The number of allylic oxidation sites excluding steroid dienone is 4. The van der Waals surface area contributed by atoms with Crippen LogP contribution in [0.3, 0.4) is 0 Å². The Labute approximate surface area is 222 Å². The molecule has 2 aliphatic rings. The Morgan fingerprint density at radius 2 is 1.55 bits per heavy atom. The van der Waals surface area contributed by atoms with E-state index in [1.54, 1.807) is 14.4 Å². The predicted octanol–water partition coefficient (Wildman–Crippen LogP) is 0.862. The van der Waals surface area contributed by atoms with Crippen LogP contribution in [0.1, 0.15) is 49.8 Å². The fourth-order valence-electron chi connectivity index (χ4n) is 4.93. The molecule has 0 radical (unpaired) electrons. The Morgan fingerprint density at radius 1 is 0.848 bits per heavy atom. The zero-order valence-corrected chi connectivity index (χ0v) is 23.4. The monoisotopic (exact) mass is 549 g/mol. The van der Waals surface area contributed by atoms with Crippen LogP contribution in [0.5, 0.6) is 0 Å². The maximum absolute atomic E-state index is 2.61. The van der Waals surface area contributed by atoms with Gasteiger partial charge in [0.25, 0.3) is 0 Å². The van der Waals surface area contributed by atoms with Gasteiger partial charge in [-0.1, -0.05) is 0 Å². The van der Waals surface area contributed by atoms with Crippen molar-refractivity contribution >= 4 is 6.98 Å². The van der Waals surface area contributed by atoms with Gasteiger partial charge in [0.2, 0.25) is 0 Å². The molecule has 33 heavy (non-hydrogen) atoms. The Bertz CT molecular complexity index is 1210. The number of hydrogen-bond acceptors (Lipinski definition) is 0. The molecule has 0 aliphatic heterocycles. The van der Waals surface area contributed by atoms with E-state index in [9.17, 15) is 0 Å². The molecule has 0 aromatic heterocycles. The average molecular weight is 552 g/mol. The molecule has 0 N–H and O–H groups in total. The summed E-state index contributed by atoms with van der Waals surface area (Å²) in [6, 6.07) is 27.0. The number of hydrogen-bond donors (Lipinski definition) is 0. The Kier molecular flexibility index (Phi) is 8.55. The fraction of sp³-hybridized carbons (Fsp3) is 0.233. The molecule has 3 heteroatoms. The van der Waals surface area contributed by atoms with Gasteiger partial charge in [0.15, 0.2) is 0 Å². The third-order valence-electron chi connectivity index (χ3n) is 6.53. The van der Waals surface area contributed by atoms with Gasteiger partial charge in [0.05, 0.1) is 0 Å². The van der Waals surface area contributed by atoms with Gasteiger partial charge in [0, 0.05) is 0 Å². The first kappa shape index (κ1) is 26.1. The number of rotatable bonds is 4. The van der Waals surface area contributed by atoms with E-state index in [4.69, 9.17) is 0 Å². The molecule has 1 unspecified atom stereocenters. The molecule has 2 aliphatic carbocycles. The van der Waals surface area contributed by atoms with E-state index in [0.717, 1.165) is 12.8 Å². The molecular weight excluding hydrogens is 522 g/mol. The predicted molar refractivity (Wildman–Crippen MR) is 130 cm³/mol. The van der Waals surface area contributed by atoms with E-state index in [1.165, 1.54) is 27.8 Å². The molecule has 1 atom stereocenters. The third kappa shape index (κ3) is 5.27. The van der Waals surface area contributed by atoms with Crippen LogP contribution in [0.4, 0.5) is 0 Å². The van der Waals surface area contributed by atoms with Gasteiger partial charge in [0.1, 0.15) is 0 Å². The fourth-order valence-corrected chi connectivity index (χ4v) is 7.85. The summed E-state index contributed by atoms with van der Waals surface area (Å²) in [6.07, 6.45) is 7.14. The van der Waals surface area contributed by atoms with Crippen LogP contribution in [0.25, 0.3) is 11.1 Å². The van der Waals surface area contributed by atoms with Crippen molar-refractivity contribution in [3.8, 4) is 11.1 Å². The van der Waals surface area contributed by atoms with Crippen molar-refractivity contribution in [2.24, 2.45) is 5.41 Å². The molecule has 3 aromatic carbocycles. The maximum Gasteiger partial charge on any atom is -1.00 e. The van der Waals surface area contributed by atoms with E-state index in [2.05, 4.69) is 109 Å². The summed E-state index contributed by atoms with van der Waals surface area (Å²) < 4.78 is 4.25. The molecule has 3 aromatic rings. The van der Waals surface area contributed by atoms with Gasteiger partial charge in [-0.15, -0.1) is 0 Å². The summed E-state index contributed by atoms with van der Waals surface area (Å²) in [4.78, 5) is 0. The van der Waals surface area contributed by atoms with Gasteiger partial charge in [-0.25, -0.2) is 0 Å². The van der Waals surface area contributed by atoms with Gasteiger partial charge < -0.3 is 24.8 Å². The SMILES string of the molecule is CC(C)(C)C1=CCC(C2c3ccccc3-c3ccc[c](/[Zr+2]=[CH]/Cc4ccccc4)c32)=C1.[Cl-].[Cl-]. The smallest absolute Gasteiger partial charge is 1.00 e. The van der Waals surface area contributed by atoms with Crippen LogP contribution >= 0.6 is 0 Å². The maximum atomic E-state index is 2.61. The Balaban J connectivity index is 0.00000153. The molecule has 0 nitrogen and oxygen atoms in total. The minimum Gasteiger partial charge on any atom is -1.00 e. The summed E-state index contributed by atoms with van der Waals surface area (Å²) in [6.45, 7) is 6.98. The van der Waals surface area contributed by atoms with Crippen LogP contribution in [0.2, 0.25) is 0 Å². The van der Waals surface area contributed by atoms with E-state index in [1.807, 2.05) is 0 Å². The minimum atomic E-state index is -0.789. The molecule has 167 valence electrons. The summed E-state index contributed by atoms with van der Waals surface area (Å²) >= 11 is -0.789. The molecule has 5 rings (SSSR count). The zero-order valence-electron chi connectivity index (χ0n) is 19.4. The van der Waals surface area contributed by atoms with Gasteiger partial charge in [-0.2, -0.15) is 0 Å². The van der Waals surface area contributed by atoms with Gasteiger partial charge in [-0.3, -0.25) is 0 Å². The number of halogens is 2. The van der Waals surface area contributed by atoms with Crippen LogP contribution in [0, 0.1) is 5.41 Å². The quantitative estimate of drug-likeness (QED) is 0.452. The van der Waals surface area contributed by atoms with E-state index >= 15 is 0 Å². The topological polar surface area (TPSA) is 0 Å². The molecular formula is C30H29Cl2Zr. The minimum absolute atomic E-state index is 0. The number of fused-ring (bicyclic) bond motifs is 3. The largest absolute Gasteiger partial charge is 1.00 e. The zero-order chi connectivity index (χ0) is 21.4. The molecule has 0 spiro atoms. The standard InChI is InChI=1S/C22H21.C8H8.2ClH.Zr/c1-22(2,3)16-13-12-15(14-16)21-19-10-6-4-8-17(19)18-9-5-7-11-20(18)21;1-2-8-6-4-3-5-7-8;;;/h4-10,13-14,21H,12H2,1-3H3;1,3-7H,2H2;2*1H;/q;;;;+2/p-2. The van der Waals surface area contributed by atoms with E-state index in [-0.39, 0.29) is 30.2 Å². The van der Waals surface area contributed by atoms with E-state index in [0.29, 0.717) is 5.92 Å². The van der Waals surface area contributed by atoms with Gasteiger partial charge in [-0.05, 0) is 0 Å². The second-order valence-electron chi connectivity index (χ2n) is 9.66. The molecule has 0 amide bonds. The first-order valence-electron chi connectivity index (χ1n) is 11.3. The van der Waals surface area contributed by atoms with Crippen molar-refractivity contribution in [2.45, 2.75) is 39.5 Å².